The molecule has 0 aliphatic rings. The van der Waals surface area contributed by atoms with Crippen molar-refractivity contribution >= 4 is 72.4 Å². The summed E-state index contributed by atoms with van der Waals surface area (Å²) in [6.07, 6.45) is 0. The van der Waals surface area contributed by atoms with E-state index in [1.165, 1.54) is 20.7 Å². The van der Waals surface area contributed by atoms with E-state index in [1.807, 2.05) is 71.3 Å². The number of nitrogens with zero attached hydrogens (tertiary/aromatic N) is 2. The Bertz CT molecular complexity index is 5090. The van der Waals surface area contributed by atoms with Crippen molar-refractivity contribution in [2.45, 2.75) is 0 Å². The van der Waals surface area contributed by atoms with Gasteiger partial charge in [-0.2, -0.15) is 0 Å². The highest BCUT2D eigenvalue weighted by Crippen LogP contribution is 2.45. The highest BCUT2D eigenvalue weighted by Gasteiger charge is 2.41. The Balaban J connectivity index is 1.10. The SMILES string of the molecule is [2H]c1c([2H])c([2H])c(-c2cccc(-c3c([2H])c([2H])c([2H])c(-c4c([2H])c([2H])c([2H])c([2H])c4[2H])c3[2H])c2-n2c3ccc(-n4c5ccccc5c5cc([Si](c6ccccc6)(c6ccccc6)c6ccccc6)ccc54)cc3c3c(-c4ccccc4)cccc32)c([2H])c1[2H]. The third kappa shape index (κ3) is 7.31. The molecule has 0 amide bonds. The molecule has 0 aliphatic heterocycles. The van der Waals surface area contributed by atoms with E-state index in [0.717, 1.165) is 49.4 Å². The molecule has 0 bridgehead atoms. The van der Waals surface area contributed by atoms with Crippen LogP contribution in [0, 0.1) is 0 Å². The van der Waals surface area contributed by atoms with Crippen molar-refractivity contribution in [2.75, 3.05) is 0 Å². The summed E-state index contributed by atoms with van der Waals surface area (Å²) in [5, 5.41) is 8.54. The molecule has 2 nitrogen and oxygen atoms in total. The smallest absolute Gasteiger partial charge is 0.179 e. The van der Waals surface area contributed by atoms with Crippen LogP contribution in [-0.2, 0) is 0 Å². The summed E-state index contributed by atoms with van der Waals surface area (Å²) in [7, 11) is -2.98. The monoisotopic (exact) mass is 984 g/mol. The van der Waals surface area contributed by atoms with E-state index >= 15 is 0 Å². The van der Waals surface area contributed by atoms with Crippen molar-refractivity contribution in [2.24, 2.45) is 0 Å². The number of hydrogen-bond acceptors (Lipinski definition) is 0. The van der Waals surface area contributed by atoms with Gasteiger partial charge in [0.1, 0.15) is 0 Å². The summed E-state index contributed by atoms with van der Waals surface area (Å²) in [5.74, 6) is 0. The Morgan fingerprint density at radius 1 is 0.293 bits per heavy atom. The minimum Gasteiger partial charge on any atom is -0.309 e. The van der Waals surface area contributed by atoms with Gasteiger partial charge in [0.2, 0.25) is 0 Å². The maximum absolute atomic E-state index is 10.0. The number of para-hydroxylation sites is 2. The van der Waals surface area contributed by atoms with Crippen LogP contribution in [0.4, 0.5) is 0 Å². The molecule has 3 heteroatoms. The van der Waals surface area contributed by atoms with Crippen molar-refractivity contribution in [1.29, 1.82) is 0 Å². The molecule has 14 rings (SSSR count). The van der Waals surface area contributed by atoms with E-state index in [0.29, 0.717) is 11.0 Å². The van der Waals surface area contributed by atoms with Gasteiger partial charge in [-0.3, -0.25) is 0 Å². The molecule has 0 atom stereocenters. The van der Waals surface area contributed by atoms with E-state index < -0.39 is 104 Å². The molecular formula is C72H50N2Si. The first-order valence-electron chi connectivity index (χ1n) is 31.8. The van der Waals surface area contributed by atoms with E-state index in [1.54, 1.807) is 18.2 Å². The van der Waals surface area contributed by atoms with Gasteiger partial charge in [-0.05, 0) is 96.6 Å². The van der Waals surface area contributed by atoms with E-state index in [4.69, 9.17) is 11.0 Å². The Kier molecular flexibility index (Phi) is 7.85. The number of aromatic nitrogens is 2. The highest BCUT2D eigenvalue weighted by molar-refractivity contribution is 7.20. The lowest BCUT2D eigenvalue weighted by Crippen LogP contribution is -2.74. The molecule has 0 spiro atoms. The lowest BCUT2D eigenvalue weighted by atomic mass is 9.93. The maximum atomic E-state index is 10.0. The molecule has 2 heterocycles. The van der Waals surface area contributed by atoms with Crippen LogP contribution < -0.4 is 20.7 Å². The van der Waals surface area contributed by atoms with Crippen LogP contribution in [0.2, 0.25) is 0 Å². The summed E-state index contributed by atoms with van der Waals surface area (Å²) in [5.41, 5.74) is 4.52. The van der Waals surface area contributed by atoms with Crippen LogP contribution >= 0.6 is 0 Å². The first-order chi connectivity index (χ1) is 43.1. The van der Waals surface area contributed by atoms with Gasteiger partial charge in [-0.15, -0.1) is 0 Å². The van der Waals surface area contributed by atoms with Crippen molar-refractivity contribution in [3.05, 3.63) is 303 Å². The van der Waals surface area contributed by atoms with E-state index in [-0.39, 0.29) is 27.9 Å². The zero-order valence-electron chi connectivity index (χ0n) is 54.2. The highest BCUT2D eigenvalue weighted by atomic mass is 28.3. The van der Waals surface area contributed by atoms with Crippen LogP contribution in [0.3, 0.4) is 0 Å². The molecular weight excluding hydrogens is 921 g/mol. The molecule has 14 aromatic rings. The predicted octanol–water partition coefficient (Wildman–Crippen LogP) is 15.9. The van der Waals surface area contributed by atoms with Crippen LogP contribution in [0.25, 0.3) is 99.5 Å². The average Bonchev–Trinajstić information content (AvgIpc) is 1.69. The Morgan fingerprint density at radius 2 is 0.800 bits per heavy atom. The second-order valence-electron chi connectivity index (χ2n) is 18.5. The topological polar surface area (TPSA) is 9.86 Å². The summed E-state index contributed by atoms with van der Waals surface area (Å²) in [6.45, 7) is 0. The minimum atomic E-state index is -2.98. The van der Waals surface area contributed by atoms with Gasteiger partial charge >= 0.3 is 0 Å². The van der Waals surface area contributed by atoms with Gasteiger partial charge in [0, 0.05) is 38.4 Å². The molecule has 0 saturated heterocycles. The quantitative estimate of drug-likeness (QED) is 0.0955. The van der Waals surface area contributed by atoms with Gasteiger partial charge in [-0.25, -0.2) is 0 Å². The third-order valence-electron chi connectivity index (χ3n) is 14.5. The molecule has 0 aliphatic carbocycles. The van der Waals surface area contributed by atoms with E-state index in [2.05, 4.69) is 138 Å². The van der Waals surface area contributed by atoms with Crippen molar-refractivity contribution in [1.82, 2.24) is 9.13 Å². The third-order valence-corrected chi connectivity index (χ3v) is 19.3. The van der Waals surface area contributed by atoms with Crippen LogP contribution in [-0.4, -0.2) is 17.2 Å². The zero-order valence-corrected chi connectivity index (χ0v) is 41.2. The van der Waals surface area contributed by atoms with Crippen molar-refractivity contribution in [3.8, 4) is 55.9 Å². The van der Waals surface area contributed by atoms with Crippen LogP contribution in [0.1, 0.15) is 19.2 Å². The first kappa shape index (κ1) is 31.8. The molecule has 0 radical (unpaired) electrons. The normalized spacial score (nSPS) is 14.3. The number of benzene rings is 12. The van der Waals surface area contributed by atoms with Gasteiger partial charge in [0.05, 0.1) is 46.9 Å². The summed E-state index contributed by atoms with van der Waals surface area (Å²) < 4.78 is 131. The molecule has 75 heavy (non-hydrogen) atoms. The lowest BCUT2D eigenvalue weighted by Gasteiger charge is -2.34. The van der Waals surface area contributed by atoms with Crippen molar-refractivity contribution < 1.29 is 19.2 Å². The molecule has 352 valence electrons. The van der Waals surface area contributed by atoms with Crippen LogP contribution in [0.5, 0.6) is 0 Å². The summed E-state index contributed by atoms with van der Waals surface area (Å²) in [6, 6.07) is 65.3. The minimum absolute atomic E-state index is 0.0683. The zero-order chi connectivity index (χ0) is 61.9. The van der Waals surface area contributed by atoms with E-state index in [9.17, 15) is 8.22 Å². The van der Waals surface area contributed by atoms with Gasteiger partial charge in [0.25, 0.3) is 0 Å². The lowest BCUT2D eigenvalue weighted by molar-refractivity contribution is 1.17. The molecule has 2 aromatic heterocycles. The first-order valence-corrected chi connectivity index (χ1v) is 26.8. The molecule has 0 fully saturated rings. The Labute approximate surface area is 458 Å². The summed E-state index contributed by atoms with van der Waals surface area (Å²) in [4.78, 5) is 0. The molecule has 0 unspecified atom stereocenters. The second-order valence-corrected chi connectivity index (χ2v) is 22.3. The Morgan fingerprint density at radius 3 is 1.48 bits per heavy atom. The molecule has 12 aromatic carbocycles. The van der Waals surface area contributed by atoms with Gasteiger partial charge < -0.3 is 9.13 Å². The maximum Gasteiger partial charge on any atom is 0.179 e. The number of hydrogen-bond donors (Lipinski definition) is 0. The fraction of sp³-hybridized carbons (Fsp3) is 0. The number of rotatable bonds is 10. The van der Waals surface area contributed by atoms with Crippen LogP contribution in [0.15, 0.2) is 303 Å². The summed E-state index contributed by atoms with van der Waals surface area (Å²) >= 11 is 0. The van der Waals surface area contributed by atoms with Gasteiger partial charge in [0.15, 0.2) is 8.07 Å². The largest absolute Gasteiger partial charge is 0.309 e. The fourth-order valence-corrected chi connectivity index (χ4v) is 16.2. The average molecular weight is 985 g/mol. The fourth-order valence-electron chi connectivity index (χ4n) is 11.4. The second kappa shape index (κ2) is 18.5. The molecule has 0 saturated carbocycles. The molecule has 0 N–H and O–H groups in total. The van der Waals surface area contributed by atoms with Crippen molar-refractivity contribution in [3.63, 3.8) is 0 Å². The van der Waals surface area contributed by atoms with Gasteiger partial charge in [-0.1, -0.05) is 261 Å². The number of fused-ring (bicyclic) bond motifs is 6. The Hall–Kier alpha value is -9.54. The predicted molar refractivity (Wildman–Crippen MR) is 320 cm³/mol. The standard InChI is InChI=1S/C72H50N2Si/c1-7-24-51(25-8-1)54-30-21-31-55(48-54)63-41-22-40-62(53-28-11-3-12-29-53)72(63)74-69-46-44-56(49-66(69)71-61(39-23-43-70(71)74)52-26-9-2-10-27-52)73-67-42-20-19-38-64(67)65-50-60(45-47-68(65)73)75(57-32-13-4-14-33-57,58-34-15-5-16-35-58)59-36-17-6-18-37-59/h1-50H/i1D,3D,7D,8D,11D,12D,21D,24D,25D,28D,29D,30D,31D,48D.